The SMILES string of the molecule is COC(=O)[C@H](CCNC(=O)C(=O)NCc1cccc(F)c1)NC(=O)c1ccc(Nc2nc(NC3(c4ccc(Cl)cc4)CC3)nc(OCC(F)(F)F)n2)cc1. The summed E-state index contributed by atoms with van der Waals surface area (Å²) in [5, 5.41) is 13.8. The number of hydrogen-bond acceptors (Lipinski definition) is 11. The first-order valence-corrected chi connectivity index (χ1v) is 16.7. The first kappa shape index (κ1) is 39.2. The molecule has 19 heteroatoms. The van der Waals surface area contributed by atoms with Gasteiger partial charge in [0.15, 0.2) is 6.61 Å². The van der Waals surface area contributed by atoms with E-state index in [-0.39, 0.29) is 37.0 Å². The number of nitrogens with one attached hydrogen (secondary N) is 5. The zero-order chi connectivity index (χ0) is 38.9. The number of ether oxygens (including phenoxy) is 2. The van der Waals surface area contributed by atoms with E-state index in [0.717, 1.165) is 12.7 Å². The second kappa shape index (κ2) is 17.2. The highest BCUT2D eigenvalue weighted by Gasteiger charge is 2.45. The lowest BCUT2D eigenvalue weighted by molar-refractivity contribution is -0.154. The number of aromatic nitrogens is 3. The molecule has 0 bridgehead atoms. The van der Waals surface area contributed by atoms with Crippen LogP contribution in [0.15, 0.2) is 72.8 Å². The monoisotopic (exact) mass is 772 g/mol. The Labute approximate surface area is 310 Å². The summed E-state index contributed by atoms with van der Waals surface area (Å²) < 4.78 is 61.8. The van der Waals surface area contributed by atoms with Crippen LogP contribution < -0.4 is 31.3 Å². The summed E-state index contributed by atoms with van der Waals surface area (Å²) in [4.78, 5) is 62.1. The van der Waals surface area contributed by atoms with Crippen LogP contribution in [-0.2, 0) is 31.2 Å². The van der Waals surface area contributed by atoms with Crippen LogP contribution >= 0.6 is 11.6 Å². The fourth-order valence-corrected chi connectivity index (χ4v) is 5.19. The summed E-state index contributed by atoms with van der Waals surface area (Å²) in [6.07, 6.45) is -3.37. The van der Waals surface area contributed by atoms with Crippen molar-refractivity contribution in [3.63, 3.8) is 0 Å². The van der Waals surface area contributed by atoms with Crippen molar-refractivity contribution in [1.82, 2.24) is 30.9 Å². The van der Waals surface area contributed by atoms with Crippen LogP contribution in [0.25, 0.3) is 0 Å². The van der Waals surface area contributed by atoms with E-state index in [1.54, 1.807) is 18.2 Å². The van der Waals surface area contributed by atoms with E-state index < -0.39 is 59.9 Å². The summed E-state index contributed by atoms with van der Waals surface area (Å²) >= 11 is 6.02. The topological polar surface area (TPSA) is 186 Å². The second-order valence-electron chi connectivity index (χ2n) is 12.0. The van der Waals surface area contributed by atoms with Crippen molar-refractivity contribution in [3.05, 3.63) is 100 Å². The molecular formula is C35H33ClF4N8O6. The zero-order valence-electron chi connectivity index (χ0n) is 28.4. The summed E-state index contributed by atoms with van der Waals surface area (Å²) in [5.41, 5.74) is 1.22. The van der Waals surface area contributed by atoms with E-state index >= 15 is 0 Å². The third kappa shape index (κ3) is 11.2. The molecule has 0 spiro atoms. The molecule has 0 unspecified atom stereocenters. The Kier molecular flexibility index (Phi) is 12.5. The van der Waals surface area contributed by atoms with Gasteiger partial charge in [-0.2, -0.15) is 28.1 Å². The maximum Gasteiger partial charge on any atom is 0.422 e. The quantitative estimate of drug-likeness (QED) is 0.0649. The van der Waals surface area contributed by atoms with Crippen molar-refractivity contribution >= 4 is 52.9 Å². The van der Waals surface area contributed by atoms with E-state index in [1.807, 2.05) is 12.1 Å². The molecule has 3 amide bonds. The minimum absolute atomic E-state index is 0.0392. The Bertz CT molecular complexity index is 1980. The van der Waals surface area contributed by atoms with Crippen molar-refractivity contribution in [3.8, 4) is 6.01 Å². The highest BCUT2D eigenvalue weighted by molar-refractivity contribution is 6.35. The van der Waals surface area contributed by atoms with Crippen LogP contribution in [-0.4, -0.2) is 71.1 Å². The lowest BCUT2D eigenvalue weighted by Crippen LogP contribution is -2.45. The molecule has 4 aromatic rings. The van der Waals surface area contributed by atoms with E-state index in [4.69, 9.17) is 21.1 Å². The number of carbonyl (C=O) groups excluding carboxylic acids is 4. The summed E-state index contributed by atoms with van der Waals surface area (Å²) in [5.74, 6) is -4.15. The Morgan fingerprint density at radius 1 is 0.907 bits per heavy atom. The molecule has 1 aliphatic rings. The molecule has 1 aromatic heterocycles. The molecule has 1 saturated carbocycles. The van der Waals surface area contributed by atoms with Crippen LogP contribution in [0.5, 0.6) is 6.01 Å². The van der Waals surface area contributed by atoms with E-state index in [2.05, 4.69) is 41.5 Å². The number of rotatable bonds is 15. The van der Waals surface area contributed by atoms with E-state index in [0.29, 0.717) is 29.1 Å². The Morgan fingerprint density at radius 2 is 1.59 bits per heavy atom. The van der Waals surface area contributed by atoms with Gasteiger partial charge in [-0.25, -0.2) is 9.18 Å². The van der Waals surface area contributed by atoms with Crippen molar-refractivity contribution in [2.45, 2.75) is 43.6 Å². The number of esters is 1. The van der Waals surface area contributed by atoms with Crippen LogP contribution in [0.1, 0.15) is 40.7 Å². The van der Waals surface area contributed by atoms with Gasteiger partial charge in [-0.3, -0.25) is 14.4 Å². The minimum atomic E-state index is -4.64. The lowest BCUT2D eigenvalue weighted by atomic mass is 10.1. The summed E-state index contributed by atoms with van der Waals surface area (Å²) in [6.45, 7) is -1.90. The van der Waals surface area contributed by atoms with Crippen molar-refractivity contribution in [1.29, 1.82) is 0 Å². The Balaban J connectivity index is 1.19. The van der Waals surface area contributed by atoms with Gasteiger partial charge in [0.1, 0.15) is 11.9 Å². The van der Waals surface area contributed by atoms with Crippen LogP contribution in [0.3, 0.4) is 0 Å². The van der Waals surface area contributed by atoms with Gasteiger partial charge in [0.05, 0.1) is 12.6 Å². The van der Waals surface area contributed by atoms with Crippen LogP contribution in [0, 0.1) is 5.82 Å². The third-order valence-corrected chi connectivity index (χ3v) is 8.19. The van der Waals surface area contributed by atoms with Crippen LogP contribution in [0.4, 0.5) is 35.1 Å². The predicted molar refractivity (Wildman–Crippen MR) is 186 cm³/mol. The third-order valence-electron chi connectivity index (χ3n) is 7.94. The summed E-state index contributed by atoms with van der Waals surface area (Å²) in [6, 6.07) is 16.5. The van der Waals surface area contributed by atoms with Gasteiger partial charge in [-0.05, 0) is 78.9 Å². The molecule has 5 rings (SSSR count). The summed E-state index contributed by atoms with van der Waals surface area (Å²) in [7, 11) is 1.12. The highest BCUT2D eigenvalue weighted by Crippen LogP contribution is 2.48. The maximum absolute atomic E-state index is 13.3. The molecule has 1 atom stereocenters. The molecular weight excluding hydrogens is 740 g/mol. The van der Waals surface area contributed by atoms with Gasteiger partial charge in [-0.15, -0.1) is 0 Å². The molecule has 0 radical (unpaired) electrons. The zero-order valence-corrected chi connectivity index (χ0v) is 29.2. The number of nitrogens with zero attached hydrogens (tertiary/aromatic N) is 3. The van der Waals surface area contributed by atoms with Crippen LogP contribution in [0.2, 0.25) is 5.02 Å². The van der Waals surface area contributed by atoms with Gasteiger partial charge in [-0.1, -0.05) is 35.9 Å². The highest BCUT2D eigenvalue weighted by atomic mass is 35.5. The number of amides is 3. The Hall–Kier alpha value is -6.04. The average molecular weight is 773 g/mol. The van der Waals surface area contributed by atoms with E-state index in [1.165, 1.54) is 42.5 Å². The second-order valence-corrected chi connectivity index (χ2v) is 12.4. The van der Waals surface area contributed by atoms with Gasteiger partial charge in [0.25, 0.3) is 5.91 Å². The first-order valence-electron chi connectivity index (χ1n) is 16.3. The van der Waals surface area contributed by atoms with Gasteiger partial charge in [0, 0.05) is 29.4 Å². The number of carbonyl (C=O) groups is 4. The molecule has 0 aliphatic heterocycles. The molecule has 1 fully saturated rings. The lowest BCUT2D eigenvalue weighted by Gasteiger charge is -2.19. The molecule has 54 heavy (non-hydrogen) atoms. The van der Waals surface area contributed by atoms with Crippen molar-refractivity contribution in [2.24, 2.45) is 0 Å². The molecule has 1 aliphatic carbocycles. The van der Waals surface area contributed by atoms with Gasteiger partial charge < -0.3 is 36.1 Å². The molecule has 1 heterocycles. The molecule has 0 saturated heterocycles. The Morgan fingerprint density at radius 3 is 2.24 bits per heavy atom. The fraction of sp³-hybridized carbons (Fsp3) is 0.286. The number of methoxy groups -OCH3 is 1. The maximum atomic E-state index is 13.3. The molecule has 5 N–H and O–H groups in total. The van der Waals surface area contributed by atoms with Crippen molar-refractivity contribution in [2.75, 3.05) is 30.9 Å². The minimum Gasteiger partial charge on any atom is -0.467 e. The number of benzene rings is 3. The predicted octanol–water partition coefficient (Wildman–Crippen LogP) is 4.54. The standard InChI is InChI=1S/C35H33ClF4N8O6/c1-53-30(52)26(13-16-41-28(50)29(51)42-18-20-3-2-4-24(37)17-20)44-27(49)21-5-11-25(12-6-21)43-31-45-32(47-33(46-31)54-19-35(38,39)40)48-34(14-15-34)22-7-9-23(36)10-8-22/h2-12,17,26H,13-16,18-19H2,1H3,(H,41,50)(H,42,51)(H,44,49)(H2,43,45,46,47,48)/t26-/m0/s1. The smallest absolute Gasteiger partial charge is 0.422 e. The van der Waals surface area contributed by atoms with Gasteiger partial charge >= 0.3 is 30.0 Å². The van der Waals surface area contributed by atoms with E-state index in [9.17, 15) is 36.7 Å². The molecule has 3 aromatic carbocycles. The van der Waals surface area contributed by atoms with Crippen molar-refractivity contribution < 1.29 is 46.2 Å². The molecule has 14 nitrogen and oxygen atoms in total. The molecule has 284 valence electrons. The fourth-order valence-electron chi connectivity index (χ4n) is 5.06. The van der Waals surface area contributed by atoms with Gasteiger partial charge in [0.2, 0.25) is 11.9 Å². The number of anilines is 3. The normalized spacial score (nSPS) is 13.5. The first-order chi connectivity index (χ1) is 25.7. The number of halogens is 5. The average Bonchev–Trinajstić information content (AvgIpc) is 3.92. The number of hydrogen-bond donors (Lipinski definition) is 5. The number of alkyl halides is 3. The largest absolute Gasteiger partial charge is 0.467 e.